The molecule has 1 aliphatic rings. The van der Waals surface area contributed by atoms with Crippen molar-refractivity contribution in [3.63, 3.8) is 0 Å². The van der Waals surface area contributed by atoms with Crippen molar-refractivity contribution < 1.29 is 13.2 Å². The van der Waals surface area contributed by atoms with Crippen LogP contribution < -0.4 is 5.32 Å². The lowest BCUT2D eigenvalue weighted by Crippen LogP contribution is -2.20. The molecule has 2 nitrogen and oxygen atoms in total. The monoisotopic (exact) mass is 290 g/mol. The van der Waals surface area contributed by atoms with Gasteiger partial charge in [0.1, 0.15) is 5.82 Å². The largest absolute Gasteiger partial charge is 0.419 e. The number of aromatic nitrogens is 1. The van der Waals surface area contributed by atoms with Crippen LogP contribution in [0.2, 0.25) is 0 Å². The molecule has 1 aromatic heterocycles. The summed E-state index contributed by atoms with van der Waals surface area (Å²) >= 11 is 1.88. The lowest BCUT2D eigenvalue weighted by atomic mass is 10.2. The summed E-state index contributed by atoms with van der Waals surface area (Å²) in [7, 11) is 0. The first-order valence-electron chi connectivity index (χ1n) is 6.41. The van der Waals surface area contributed by atoms with E-state index in [0.29, 0.717) is 5.25 Å². The van der Waals surface area contributed by atoms with E-state index in [1.54, 1.807) is 0 Å². The molecule has 1 fully saturated rings. The fourth-order valence-corrected chi connectivity index (χ4v) is 3.54. The Kier molecular flexibility index (Phi) is 4.60. The van der Waals surface area contributed by atoms with Crippen molar-refractivity contribution in [1.82, 2.24) is 4.98 Å². The highest BCUT2D eigenvalue weighted by atomic mass is 32.2. The van der Waals surface area contributed by atoms with Gasteiger partial charge in [-0.05, 0) is 37.1 Å². The number of halogens is 3. The second-order valence-corrected chi connectivity index (χ2v) is 6.21. The third kappa shape index (κ3) is 3.78. The van der Waals surface area contributed by atoms with Crippen LogP contribution in [0.15, 0.2) is 18.3 Å². The number of nitrogens with one attached hydrogen (secondary N) is 1. The Bertz CT molecular complexity index is 423. The smallest absolute Gasteiger partial charge is 0.367 e. The van der Waals surface area contributed by atoms with Crippen molar-refractivity contribution in [2.45, 2.75) is 43.7 Å². The van der Waals surface area contributed by atoms with E-state index in [4.69, 9.17) is 0 Å². The van der Waals surface area contributed by atoms with Gasteiger partial charge in [-0.15, -0.1) is 0 Å². The molecule has 0 radical (unpaired) electrons. The summed E-state index contributed by atoms with van der Waals surface area (Å²) in [5, 5.41) is 3.52. The van der Waals surface area contributed by atoms with E-state index in [-0.39, 0.29) is 11.9 Å². The zero-order valence-corrected chi connectivity index (χ0v) is 11.5. The van der Waals surface area contributed by atoms with Crippen LogP contribution >= 0.6 is 11.8 Å². The molecule has 106 valence electrons. The lowest BCUT2D eigenvalue weighted by Gasteiger charge is -2.17. The number of anilines is 1. The molecule has 0 aromatic carbocycles. The number of pyridine rings is 1. The molecule has 0 saturated heterocycles. The minimum absolute atomic E-state index is 0.0397. The van der Waals surface area contributed by atoms with Gasteiger partial charge in [0.25, 0.3) is 0 Å². The average molecular weight is 290 g/mol. The van der Waals surface area contributed by atoms with Gasteiger partial charge in [0.15, 0.2) is 0 Å². The van der Waals surface area contributed by atoms with Gasteiger partial charge < -0.3 is 5.32 Å². The van der Waals surface area contributed by atoms with Crippen molar-refractivity contribution in [3.8, 4) is 0 Å². The standard InChI is InChI=1S/C13H17F3N2S/c1-2-19-10-6-5-9(8-10)18-12-11(13(14,15)16)4-3-7-17-12/h3-4,7,9-10H,2,5-6,8H2,1H3,(H,17,18). The third-order valence-corrected chi connectivity index (χ3v) is 4.47. The molecule has 0 spiro atoms. The Morgan fingerprint density at radius 3 is 2.89 bits per heavy atom. The van der Waals surface area contributed by atoms with Crippen molar-refractivity contribution >= 4 is 17.6 Å². The van der Waals surface area contributed by atoms with Gasteiger partial charge in [0.05, 0.1) is 5.56 Å². The predicted molar refractivity (Wildman–Crippen MR) is 72.4 cm³/mol. The van der Waals surface area contributed by atoms with E-state index in [1.165, 1.54) is 12.3 Å². The molecule has 2 atom stereocenters. The van der Waals surface area contributed by atoms with Gasteiger partial charge in [-0.1, -0.05) is 6.92 Å². The van der Waals surface area contributed by atoms with Crippen LogP contribution in [0.4, 0.5) is 19.0 Å². The highest BCUT2D eigenvalue weighted by Crippen LogP contribution is 2.36. The summed E-state index contributed by atoms with van der Waals surface area (Å²) in [6.45, 7) is 2.10. The Labute approximate surface area is 115 Å². The quantitative estimate of drug-likeness (QED) is 0.900. The highest BCUT2D eigenvalue weighted by Gasteiger charge is 2.35. The van der Waals surface area contributed by atoms with E-state index in [2.05, 4.69) is 17.2 Å². The van der Waals surface area contributed by atoms with Gasteiger partial charge >= 0.3 is 6.18 Å². The van der Waals surface area contributed by atoms with Gasteiger partial charge in [0, 0.05) is 17.5 Å². The van der Waals surface area contributed by atoms with Crippen LogP contribution in [0.25, 0.3) is 0 Å². The molecule has 6 heteroatoms. The summed E-state index contributed by atoms with van der Waals surface area (Å²) < 4.78 is 38.5. The number of thioether (sulfide) groups is 1. The second-order valence-electron chi connectivity index (χ2n) is 4.63. The zero-order chi connectivity index (χ0) is 13.9. The number of nitrogens with zero attached hydrogens (tertiary/aromatic N) is 1. The summed E-state index contributed by atoms with van der Waals surface area (Å²) in [6.07, 6.45) is -0.0835. The molecular formula is C13H17F3N2S. The Morgan fingerprint density at radius 2 is 2.21 bits per heavy atom. The SMILES string of the molecule is CCSC1CCC(Nc2ncccc2C(F)(F)F)C1. The summed E-state index contributed by atoms with van der Waals surface area (Å²) in [5.74, 6) is 1.01. The summed E-state index contributed by atoms with van der Waals surface area (Å²) in [4.78, 5) is 3.84. The topological polar surface area (TPSA) is 24.9 Å². The van der Waals surface area contributed by atoms with Gasteiger partial charge in [-0.3, -0.25) is 0 Å². The van der Waals surface area contributed by atoms with Crippen molar-refractivity contribution in [3.05, 3.63) is 23.9 Å². The maximum Gasteiger partial charge on any atom is 0.419 e. The van der Waals surface area contributed by atoms with Crippen LogP contribution in [0.1, 0.15) is 31.7 Å². The molecule has 19 heavy (non-hydrogen) atoms. The molecule has 2 unspecified atom stereocenters. The molecule has 1 aromatic rings. The first kappa shape index (κ1) is 14.5. The van der Waals surface area contributed by atoms with Crippen LogP contribution in [-0.2, 0) is 6.18 Å². The third-order valence-electron chi connectivity index (χ3n) is 3.24. The predicted octanol–water partition coefficient (Wildman–Crippen LogP) is 4.19. The Hall–Kier alpha value is -0.910. The Morgan fingerprint density at radius 1 is 1.42 bits per heavy atom. The van der Waals surface area contributed by atoms with Crippen molar-refractivity contribution in [2.24, 2.45) is 0 Å². The lowest BCUT2D eigenvalue weighted by molar-refractivity contribution is -0.137. The van der Waals surface area contributed by atoms with Crippen molar-refractivity contribution in [2.75, 3.05) is 11.1 Å². The Balaban J connectivity index is 2.04. The van der Waals surface area contributed by atoms with E-state index in [0.717, 1.165) is 31.1 Å². The molecule has 1 heterocycles. The first-order valence-corrected chi connectivity index (χ1v) is 7.46. The molecule has 0 aliphatic heterocycles. The maximum atomic E-state index is 12.8. The minimum Gasteiger partial charge on any atom is -0.367 e. The molecule has 0 bridgehead atoms. The van der Waals surface area contributed by atoms with Crippen LogP contribution in [0, 0.1) is 0 Å². The van der Waals surface area contributed by atoms with E-state index < -0.39 is 11.7 Å². The van der Waals surface area contributed by atoms with Crippen LogP contribution in [0.5, 0.6) is 0 Å². The number of hydrogen-bond donors (Lipinski definition) is 1. The molecule has 1 saturated carbocycles. The fraction of sp³-hybridized carbons (Fsp3) is 0.615. The van der Waals surface area contributed by atoms with E-state index in [1.807, 2.05) is 11.8 Å². The fourth-order valence-electron chi connectivity index (χ4n) is 2.40. The van der Waals surface area contributed by atoms with Gasteiger partial charge in [-0.25, -0.2) is 4.98 Å². The normalized spacial score (nSPS) is 23.6. The van der Waals surface area contributed by atoms with Gasteiger partial charge in [0.2, 0.25) is 0 Å². The number of hydrogen-bond acceptors (Lipinski definition) is 3. The second kappa shape index (κ2) is 6.03. The molecule has 2 rings (SSSR count). The first-order chi connectivity index (χ1) is 9.00. The zero-order valence-electron chi connectivity index (χ0n) is 10.7. The van der Waals surface area contributed by atoms with Crippen molar-refractivity contribution in [1.29, 1.82) is 0 Å². The molecule has 1 aliphatic carbocycles. The number of rotatable bonds is 4. The van der Waals surface area contributed by atoms with Crippen LogP contribution in [-0.4, -0.2) is 22.0 Å². The maximum absolute atomic E-state index is 12.8. The summed E-state index contributed by atoms with van der Waals surface area (Å²) in [5.41, 5.74) is -0.679. The van der Waals surface area contributed by atoms with E-state index >= 15 is 0 Å². The molecular weight excluding hydrogens is 273 g/mol. The number of alkyl halides is 3. The van der Waals surface area contributed by atoms with E-state index in [9.17, 15) is 13.2 Å². The minimum atomic E-state index is -4.35. The van der Waals surface area contributed by atoms with Crippen LogP contribution in [0.3, 0.4) is 0 Å². The highest BCUT2D eigenvalue weighted by molar-refractivity contribution is 7.99. The average Bonchev–Trinajstić information content (AvgIpc) is 2.76. The summed E-state index contributed by atoms with van der Waals surface area (Å²) in [6, 6.07) is 2.49. The molecule has 1 N–H and O–H groups in total. The van der Waals surface area contributed by atoms with Gasteiger partial charge in [-0.2, -0.15) is 24.9 Å². The molecule has 0 amide bonds.